The van der Waals surface area contributed by atoms with Gasteiger partial charge in [0, 0.05) is 13.1 Å². The lowest BCUT2D eigenvalue weighted by Crippen LogP contribution is -2.05. The number of anilines is 1. The van der Waals surface area contributed by atoms with E-state index in [4.69, 9.17) is 4.42 Å². The number of aromatic amines is 1. The molecule has 0 spiro atoms. The molecule has 0 saturated heterocycles. The van der Waals surface area contributed by atoms with Gasteiger partial charge in [-0.05, 0) is 12.1 Å². The molecule has 5 nitrogen and oxygen atoms in total. The van der Waals surface area contributed by atoms with Crippen LogP contribution in [0.2, 0.25) is 0 Å². The monoisotopic (exact) mass is 191 g/mol. The third kappa shape index (κ3) is 1.66. The standard InChI is InChI=1S/C9H9N3O2/c1-6(13)11-8-5-14-9(12-8)7-3-2-4-10-7/h2-5,10H,1H3,(H,11,13). The second kappa shape index (κ2) is 3.37. The highest BCUT2D eigenvalue weighted by Gasteiger charge is 2.07. The van der Waals surface area contributed by atoms with E-state index in [0.717, 1.165) is 5.69 Å². The lowest BCUT2D eigenvalue weighted by Gasteiger charge is -1.91. The Morgan fingerprint density at radius 1 is 1.64 bits per heavy atom. The minimum absolute atomic E-state index is 0.170. The van der Waals surface area contributed by atoms with Crippen molar-refractivity contribution in [2.24, 2.45) is 0 Å². The van der Waals surface area contributed by atoms with E-state index in [1.165, 1.54) is 13.2 Å². The van der Waals surface area contributed by atoms with E-state index in [2.05, 4.69) is 15.3 Å². The van der Waals surface area contributed by atoms with Crippen molar-refractivity contribution in [1.29, 1.82) is 0 Å². The van der Waals surface area contributed by atoms with Crippen molar-refractivity contribution in [1.82, 2.24) is 9.97 Å². The van der Waals surface area contributed by atoms with Crippen LogP contribution in [-0.4, -0.2) is 15.9 Å². The van der Waals surface area contributed by atoms with Gasteiger partial charge in [-0.2, -0.15) is 4.98 Å². The maximum Gasteiger partial charge on any atom is 0.244 e. The van der Waals surface area contributed by atoms with E-state index < -0.39 is 0 Å². The molecule has 0 fully saturated rings. The quantitative estimate of drug-likeness (QED) is 0.757. The smallest absolute Gasteiger partial charge is 0.244 e. The summed E-state index contributed by atoms with van der Waals surface area (Å²) in [6.07, 6.45) is 3.18. The number of carbonyl (C=O) groups excluding carboxylic acids is 1. The van der Waals surface area contributed by atoms with E-state index in [-0.39, 0.29) is 5.91 Å². The third-order valence-electron chi connectivity index (χ3n) is 1.64. The topological polar surface area (TPSA) is 70.9 Å². The number of carbonyl (C=O) groups is 1. The van der Waals surface area contributed by atoms with Gasteiger partial charge in [0.25, 0.3) is 0 Å². The first-order valence-corrected chi connectivity index (χ1v) is 4.12. The van der Waals surface area contributed by atoms with Gasteiger partial charge in [-0.25, -0.2) is 0 Å². The molecular formula is C9H9N3O2. The molecule has 0 aliphatic rings. The Labute approximate surface area is 80.2 Å². The van der Waals surface area contributed by atoms with Gasteiger partial charge in [0.05, 0.1) is 0 Å². The highest BCUT2D eigenvalue weighted by Crippen LogP contribution is 2.18. The number of oxazole rings is 1. The van der Waals surface area contributed by atoms with Crippen molar-refractivity contribution in [3.05, 3.63) is 24.6 Å². The predicted molar refractivity (Wildman–Crippen MR) is 50.6 cm³/mol. The first-order valence-electron chi connectivity index (χ1n) is 4.12. The van der Waals surface area contributed by atoms with Gasteiger partial charge in [0.2, 0.25) is 11.8 Å². The number of hydrogen-bond donors (Lipinski definition) is 2. The van der Waals surface area contributed by atoms with Crippen LogP contribution >= 0.6 is 0 Å². The number of rotatable bonds is 2. The van der Waals surface area contributed by atoms with Gasteiger partial charge in [-0.1, -0.05) is 0 Å². The molecule has 0 unspecified atom stereocenters. The summed E-state index contributed by atoms with van der Waals surface area (Å²) in [5, 5.41) is 2.53. The molecular weight excluding hydrogens is 182 g/mol. The van der Waals surface area contributed by atoms with Crippen LogP contribution in [0.4, 0.5) is 5.82 Å². The number of nitrogens with one attached hydrogen (secondary N) is 2. The minimum atomic E-state index is -0.170. The highest BCUT2D eigenvalue weighted by molar-refractivity contribution is 5.87. The van der Waals surface area contributed by atoms with Crippen molar-refractivity contribution in [2.45, 2.75) is 6.92 Å². The lowest BCUT2D eigenvalue weighted by molar-refractivity contribution is -0.114. The molecule has 0 aliphatic heterocycles. The zero-order valence-electron chi connectivity index (χ0n) is 7.57. The van der Waals surface area contributed by atoms with Gasteiger partial charge in [0.15, 0.2) is 5.82 Å². The zero-order chi connectivity index (χ0) is 9.97. The molecule has 0 aliphatic carbocycles. The average Bonchev–Trinajstić information content (AvgIpc) is 2.69. The Hall–Kier alpha value is -2.04. The number of nitrogens with zero attached hydrogens (tertiary/aromatic N) is 1. The van der Waals surface area contributed by atoms with Crippen LogP contribution in [0.5, 0.6) is 0 Å². The SMILES string of the molecule is CC(=O)Nc1coc(-c2ccc[nH]2)n1. The molecule has 2 aromatic rings. The van der Waals surface area contributed by atoms with Crippen LogP contribution in [0.25, 0.3) is 11.6 Å². The Balaban J connectivity index is 2.22. The Morgan fingerprint density at radius 2 is 2.50 bits per heavy atom. The van der Waals surface area contributed by atoms with Gasteiger partial charge in [-0.3, -0.25) is 4.79 Å². The van der Waals surface area contributed by atoms with Gasteiger partial charge >= 0.3 is 0 Å². The van der Waals surface area contributed by atoms with E-state index in [1.54, 1.807) is 6.20 Å². The van der Waals surface area contributed by atoms with Gasteiger partial charge < -0.3 is 14.7 Å². The fourth-order valence-electron chi connectivity index (χ4n) is 1.10. The van der Waals surface area contributed by atoms with Crippen LogP contribution in [0, 0.1) is 0 Å². The summed E-state index contributed by atoms with van der Waals surface area (Å²) in [7, 11) is 0. The van der Waals surface area contributed by atoms with Crippen LogP contribution in [-0.2, 0) is 4.79 Å². The molecule has 0 bridgehead atoms. The average molecular weight is 191 g/mol. The largest absolute Gasteiger partial charge is 0.441 e. The zero-order valence-corrected chi connectivity index (χ0v) is 7.57. The summed E-state index contributed by atoms with van der Waals surface area (Å²) in [5.74, 6) is 0.706. The van der Waals surface area contributed by atoms with Crippen molar-refractivity contribution in [3.8, 4) is 11.6 Å². The van der Waals surface area contributed by atoms with Crippen LogP contribution in [0.1, 0.15) is 6.92 Å². The number of H-pyrrole nitrogens is 1. The van der Waals surface area contributed by atoms with Crippen molar-refractivity contribution in [2.75, 3.05) is 5.32 Å². The van der Waals surface area contributed by atoms with E-state index >= 15 is 0 Å². The molecule has 0 radical (unpaired) electrons. The third-order valence-corrected chi connectivity index (χ3v) is 1.64. The molecule has 2 rings (SSSR count). The highest BCUT2D eigenvalue weighted by atomic mass is 16.3. The van der Waals surface area contributed by atoms with Crippen LogP contribution < -0.4 is 5.32 Å². The molecule has 0 aromatic carbocycles. The molecule has 72 valence electrons. The molecule has 0 saturated carbocycles. The van der Waals surface area contributed by atoms with E-state index in [0.29, 0.717) is 11.7 Å². The van der Waals surface area contributed by atoms with Crippen molar-refractivity contribution >= 4 is 11.7 Å². The second-order valence-corrected chi connectivity index (χ2v) is 2.80. The molecule has 0 atom stereocenters. The Morgan fingerprint density at radius 3 is 3.14 bits per heavy atom. The fraction of sp³-hybridized carbons (Fsp3) is 0.111. The van der Waals surface area contributed by atoms with Gasteiger partial charge in [0.1, 0.15) is 12.0 Å². The van der Waals surface area contributed by atoms with E-state index in [1.807, 2.05) is 12.1 Å². The normalized spacial score (nSPS) is 10.1. The molecule has 2 N–H and O–H groups in total. The summed E-state index contributed by atoms with van der Waals surface area (Å²) in [4.78, 5) is 17.7. The summed E-state index contributed by atoms with van der Waals surface area (Å²) in [6, 6.07) is 3.68. The number of aromatic nitrogens is 2. The number of hydrogen-bond acceptors (Lipinski definition) is 3. The summed E-state index contributed by atoms with van der Waals surface area (Å²) < 4.78 is 5.15. The maximum atomic E-state index is 10.7. The molecule has 2 heterocycles. The summed E-state index contributed by atoms with van der Waals surface area (Å²) in [5.41, 5.74) is 0.779. The fourth-order valence-corrected chi connectivity index (χ4v) is 1.10. The Bertz CT molecular complexity index is 431. The first-order chi connectivity index (χ1) is 6.75. The molecule has 5 heteroatoms. The molecule has 14 heavy (non-hydrogen) atoms. The molecule has 1 amide bonds. The lowest BCUT2D eigenvalue weighted by atomic mass is 10.4. The molecule has 2 aromatic heterocycles. The minimum Gasteiger partial charge on any atom is -0.441 e. The van der Waals surface area contributed by atoms with Crippen molar-refractivity contribution < 1.29 is 9.21 Å². The van der Waals surface area contributed by atoms with Crippen LogP contribution in [0.15, 0.2) is 29.0 Å². The predicted octanol–water partition coefficient (Wildman–Crippen LogP) is 1.63. The van der Waals surface area contributed by atoms with E-state index in [9.17, 15) is 4.79 Å². The maximum absolute atomic E-state index is 10.7. The summed E-state index contributed by atoms with van der Waals surface area (Å²) in [6.45, 7) is 1.42. The second-order valence-electron chi connectivity index (χ2n) is 2.80. The van der Waals surface area contributed by atoms with Crippen molar-refractivity contribution in [3.63, 3.8) is 0 Å². The van der Waals surface area contributed by atoms with Gasteiger partial charge in [-0.15, -0.1) is 0 Å². The number of amides is 1. The first kappa shape index (κ1) is 8.55. The van der Waals surface area contributed by atoms with Crippen LogP contribution in [0.3, 0.4) is 0 Å². The Kier molecular flexibility index (Phi) is 2.06. The summed E-state index contributed by atoms with van der Waals surface area (Å²) >= 11 is 0.